The Balaban J connectivity index is 1.29. The Hall–Kier alpha value is -4.92. The number of para-hydroxylation sites is 1. The van der Waals surface area contributed by atoms with Gasteiger partial charge in [-0.25, -0.2) is 4.90 Å². The number of ether oxygens (including phenoxy) is 1. The first-order chi connectivity index (χ1) is 22.1. The van der Waals surface area contributed by atoms with Crippen LogP contribution in [0.1, 0.15) is 43.7 Å². The van der Waals surface area contributed by atoms with Crippen molar-refractivity contribution in [1.82, 2.24) is 4.90 Å². The van der Waals surface area contributed by atoms with E-state index < -0.39 is 35.0 Å². The average molecular weight is 621 g/mol. The Labute approximate surface area is 267 Å². The van der Waals surface area contributed by atoms with Crippen molar-refractivity contribution in [1.29, 1.82) is 0 Å². The Morgan fingerprint density at radius 1 is 0.891 bits per heavy atom. The summed E-state index contributed by atoms with van der Waals surface area (Å²) in [4.78, 5) is 59.2. The molecule has 236 valence electrons. The van der Waals surface area contributed by atoms with Gasteiger partial charge in [-0.1, -0.05) is 48.0 Å². The normalized spacial score (nSPS) is 28.6. The first-order valence-corrected chi connectivity index (χ1v) is 15.9. The number of phenolic OH excluding ortho intramolecular Hbond substituents is 2. The van der Waals surface area contributed by atoms with E-state index >= 15 is 0 Å². The van der Waals surface area contributed by atoms with E-state index in [0.717, 1.165) is 11.1 Å². The van der Waals surface area contributed by atoms with Crippen LogP contribution in [0.3, 0.4) is 0 Å². The van der Waals surface area contributed by atoms with Crippen LogP contribution >= 0.6 is 0 Å². The van der Waals surface area contributed by atoms with Gasteiger partial charge < -0.3 is 14.9 Å². The molecule has 3 aromatic carbocycles. The minimum Gasteiger partial charge on any atom is -0.508 e. The fourth-order valence-electron chi connectivity index (χ4n) is 8.39. The molecular weight excluding hydrogens is 584 g/mol. The largest absolute Gasteiger partial charge is 0.508 e. The molecule has 0 spiro atoms. The van der Waals surface area contributed by atoms with Gasteiger partial charge in [-0.3, -0.25) is 24.1 Å². The van der Waals surface area contributed by atoms with Crippen molar-refractivity contribution in [3.63, 3.8) is 0 Å². The van der Waals surface area contributed by atoms with Crippen molar-refractivity contribution < 1.29 is 34.1 Å². The van der Waals surface area contributed by atoms with Gasteiger partial charge in [0, 0.05) is 12.5 Å². The number of carbonyl (C=O) groups is 4. The monoisotopic (exact) mass is 620 g/mol. The molecule has 0 unspecified atom stereocenters. The van der Waals surface area contributed by atoms with Crippen LogP contribution in [0.25, 0.3) is 0 Å². The predicted molar refractivity (Wildman–Crippen MR) is 169 cm³/mol. The van der Waals surface area contributed by atoms with Crippen LogP contribution in [0.5, 0.6) is 17.2 Å². The quantitative estimate of drug-likeness (QED) is 0.282. The Kier molecular flexibility index (Phi) is 7.22. The number of imide groups is 2. The number of nitrogens with zero attached hydrogens (tertiary/aromatic N) is 2. The van der Waals surface area contributed by atoms with Crippen molar-refractivity contribution >= 4 is 29.3 Å². The van der Waals surface area contributed by atoms with Gasteiger partial charge in [0.15, 0.2) is 11.5 Å². The Morgan fingerprint density at radius 3 is 2.35 bits per heavy atom. The minimum absolute atomic E-state index is 0.0297. The van der Waals surface area contributed by atoms with Crippen molar-refractivity contribution in [3.05, 3.63) is 95.6 Å². The number of anilines is 1. The van der Waals surface area contributed by atoms with Gasteiger partial charge in [-0.15, -0.1) is 0 Å². The summed E-state index contributed by atoms with van der Waals surface area (Å²) in [6.45, 7) is 4.20. The molecule has 2 saturated heterocycles. The highest BCUT2D eigenvalue weighted by Gasteiger charge is 2.67. The van der Waals surface area contributed by atoms with Gasteiger partial charge >= 0.3 is 0 Å². The van der Waals surface area contributed by atoms with Gasteiger partial charge in [0.05, 0.1) is 35.5 Å². The zero-order chi connectivity index (χ0) is 32.3. The maximum absolute atomic E-state index is 14.5. The van der Waals surface area contributed by atoms with Crippen molar-refractivity contribution in [2.75, 3.05) is 18.1 Å². The maximum Gasteiger partial charge on any atom is 0.241 e. The third kappa shape index (κ3) is 4.43. The molecule has 9 heteroatoms. The van der Waals surface area contributed by atoms with Crippen LogP contribution in [-0.4, -0.2) is 51.9 Å². The zero-order valence-corrected chi connectivity index (χ0v) is 25.8. The van der Waals surface area contributed by atoms with E-state index in [2.05, 4.69) is 0 Å². The van der Waals surface area contributed by atoms with Gasteiger partial charge in [-0.05, 0) is 86.6 Å². The smallest absolute Gasteiger partial charge is 0.241 e. The van der Waals surface area contributed by atoms with Gasteiger partial charge in [0.25, 0.3) is 0 Å². The van der Waals surface area contributed by atoms with E-state index in [-0.39, 0.29) is 53.8 Å². The molecule has 0 aromatic heterocycles. The number of benzene rings is 3. The summed E-state index contributed by atoms with van der Waals surface area (Å²) in [6, 6.07) is 20.6. The number of likely N-dealkylation sites (tertiary alicyclic amines) is 1. The van der Waals surface area contributed by atoms with E-state index in [9.17, 15) is 29.4 Å². The lowest BCUT2D eigenvalue weighted by Crippen LogP contribution is -2.48. The molecular formula is C37H36N2O7. The molecule has 1 saturated carbocycles. The second-order valence-electron chi connectivity index (χ2n) is 12.9. The van der Waals surface area contributed by atoms with E-state index in [1.165, 1.54) is 9.80 Å². The lowest BCUT2D eigenvalue weighted by molar-refractivity contribution is -0.140. The third-order valence-electron chi connectivity index (χ3n) is 10.6. The summed E-state index contributed by atoms with van der Waals surface area (Å²) in [5.41, 5.74) is 1.81. The lowest BCUT2D eigenvalue weighted by atomic mass is 9.51. The highest BCUT2D eigenvalue weighted by molar-refractivity contribution is 6.24. The SMILES string of the molecule is CCOc1cc([C@H]2C3=CC[C@@H]4C(=O)N(CCc5ccc(O)cc5)C(=O)[C@@H]4[C@@H]3C[C@H]3C(=O)N(c4ccccc4)C(=O)[C@@]23C)ccc1O. The van der Waals surface area contributed by atoms with E-state index in [1.54, 1.807) is 66.7 Å². The van der Waals surface area contributed by atoms with E-state index in [0.29, 0.717) is 30.7 Å². The Morgan fingerprint density at radius 2 is 1.63 bits per heavy atom. The number of fused-ring (bicyclic) bond motifs is 4. The standard InChI is InChI=1S/C37H36N2O7/c1-3-46-30-19-22(11-16-29(30)41)32-25-14-15-26-31(35(44)38(33(26)42)18-17-21-9-12-24(40)13-10-21)27(25)20-28-34(43)39(36(45)37(28,32)2)23-7-5-4-6-8-23/h4-14,16,19,26-28,31-32,40-41H,3,15,17-18,20H2,1-2H3/t26-,27+,28-,31-,32-,37+/m0/s1. The van der Waals surface area contributed by atoms with E-state index in [4.69, 9.17) is 4.74 Å². The molecule has 4 aliphatic rings. The molecule has 0 radical (unpaired) electrons. The summed E-state index contributed by atoms with van der Waals surface area (Å²) in [5, 5.41) is 20.2. The highest BCUT2D eigenvalue weighted by atomic mass is 16.5. The van der Waals surface area contributed by atoms with Crippen molar-refractivity contribution in [2.45, 2.75) is 39.0 Å². The number of hydrogen-bond acceptors (Lipinski definition) is 7. The fourth-order valence-corrected chi connectivity index (χ4v) is 8.39. The lowest BCUT2D eigenvalue weighted by Gasteiger charge is -2.49. The van der Waals surface area contributed by atoms with Crippen LogP contribution < -0.4 is 9.64 Å². The molecule has 9 nitrogen and oxygen atoms in total. The molecule has 7 rings (SSSR count). The van der Waals surface area contributed by atoms with Crippen LogP contribution in [0.4, 0.5) is 5.69 Å². The number of aromatic hydroxyl groups is 2. The van der Waals surface area contributed by atoms with Gasteiger partial charge in [0.1, 0.15) is 5.75 Å². The zero-order valence-electron chi connectivity index (χ0n) is 25.8. The average Bonchev–Trinajstić information content (AvgIpc) is 3.41. The van der Waals surface area contributed by atoms with Crippen molar-refractivity contribution in [3.8, 4) is 17.2 Å². The molecule has 2 N–H and O–H groups in total. The number of amides is 4. The molecule has 0 bridgehead atoms. The predicted octanol–water partition coefficient (Wildman–Crippen LogP) is 4.97. The minimum atomic E-state index is -1.17. The van der Waals surface area contributed by atoms with Crippen LogP contribution in [0, 0.1) is 29.1 Å². The number of hydrogen-bond donors (Lipinski definition) is 2. The summed E-state index contributed by atoms with van der Waals surface area (Å²) in [7, 11) is 0. The molecule has 3 fully saturated rings. The molecule has 2 aliphatic heterocycles. The summed E-state index contributed by atoms with van der Waals surface area (Å²) < 4.78 is 5.72. The van der Waals surface area contributed by atoms with Crippen LogP contribution in [-0.2, 0) is 25.6 Å². The van der Waals surface area contributed by atoms with Gasteiger partial charge in [-0.2, -0.15) is 0 Å². The van der Waals surface area contributed by atoms with Crippen LogP contribution in [0.2, 0.25) is 0 Å². The highest BCUT2D eigenvalue weighted by Crippen LogP contribution is 2.63. The van der Waals surface area contributed by atoms with Crippen LogP contribution in [0.15, 0.2) is 84.4 Å². The number of phenols is 2. The first kappa shape index (κ1) is 29.8. The molecule has 4 amide bonds. The molecule has 6 atom stereocenters. The Bertz CT molecular complexity index is 1770. The van der Waals surface area contributed by atoms with Gasteiger partial charge in [0.2, 0.25) is 23.6 Å². The first-order valence-electron chi connectivity index (χ1n) is 15.9. The second-order valence-corrected chi connectivity index (χ2v) is 12.9. The summed E-state index contributed by atoms with van der Waals surface area (Å²) in [6.07, 6.45) is 3.10. The molecule has 2 aliphatic carbocycles. The second kappa shape index (κ2) is 11.2. The molecule has 2 heterocycles. The topological polar surface area (TPSA) is 124 Å². The van der Waals surface area contributed by atoms with E-state index in [1.807, 2.05) is 26.0 Å². The molecule has 46 heavy (non-hydrogen) atoms. The van der Waals surface area contributed by atoms with Crippen molar-refractivity contribution in [2.24, 2.45) is 29.1 Å². The molecule has 3 aromatic rings. The summed E-state index contributed by atoms with van der Waals surface area (Å²) >= 11 is 0. The maximum atomic E-state index is 14.5. The number of carbonyl (C=O) groups excluding carboxylic acids is 4. The number of allylic oxidation sites excluding steroid dienone is 2. The summed E-state index contributed by atoms with van der Waals surface area (Å²) in [5.74, 6) is -3.61. The fraction of sp³-hybridized carbons (Fsp3) is 0.351. The number of rotatable bonds is 7. The third-order valence-corrected chi connectivity index (χ3v) is 10.6.